The number of amides is 3. The van der Waals surface area contributed by atoms with Gasteiger partial charge in [-0.1, -0.05) is 37.1 Å². The van der Waals surface area contributed by atoms with Crippen LogP contribution >= 0.6 is 0 Å². The maximum absolute atomic E-state index is 13.5. The summed E-state index contributed by atoms with van der Waals surface area (Å²) in [6.07, 6.45) is 4.91. The van der Waals surface area contributed by atoms with Crippen LogP contribution in [0.1, 0.15) is 52.8 Å². The average Bonchev–Trinajstić information content (AvgIpc) is 3.29. The van der Waals surface area contributed by atoms with Gasteiger partial charge >= 0.3 is 0 Å². The molecule has 0 bridgehead atoms. The number of ether oxygens (including phenoxy) is 1. The highest BCUT2D eigenvalue weighted by atomic mass is 16.5. The summed E-state index contributed by atoms with van der Waals surface area (Å²) in [5.41, 5.74) is 1.73. The molecular formula is C27H31N3O4. The smallest absolute Gasteiger partial charge is 0.254 e. The molecule has 2 aromatic rings. The van der Waals surface area contributed by atoms with Crippen molar-refractivity contribution >= 4 is 23.4 Å². The molecule has 3 fully saturated rings. The monoisotopic (exact) mass is 461 g/mol. The van der Waals surface area contributed by atoms with Crippen LogP contribution < -0.4 is 5.32 Å². The molecule has 2 saturated heterocycles. The van der Waals surface area contributed by atoms with Crippen LogP contribution in [0.15, 0.2) is 54.6 Å². The Balaban J connectivity index is 1.34. The molecule has 3 unspecified atom stereocenters. The Labute approximate surface area is 200 Å². The van der Waals surface area contributed by atoms with Crippen LogP contribution in [0.2, 0.25) is 0 Å². The second-order valence-electron chi connectivity index (χ2n) is 9.42. The van der Waals surface area contributed by atoms with Crippen molar-refractivity contribution in [2.24, 2.45) is 5.92 Å². The number of hydrogen-bond donors (Lipinski definition) is 1. The van der Waals surface area contributed by atoms with Crippen LogP contribution in [0.4, 0.5) is 5.69 Å². The van der Waals surface area contributed by atoms with E-state index >= 15 is 0 Å². The lowest BCUT2D eigenvalue weighted by Crippen LogP contribution is -2.47. The molecular weight excluding hydrogens is 430 g/mol. The molecule has 1 N–H and O–H groups in total. The Morgan fingerprint density at radius 3 is 2.38 bits per heavy atom. The molecule has 34 heavy (non-hydrogen) atoms. The molecule has 2 heterocycles. The molecule has 1 saturated carbocycles. The van der Waals surface area contributed by atoms with Gasteiger partial charge in [-0.25, -0.2) is 0 Å². The van der Waals surface area contributed by atoms with E-state index in [0.29, 0.717) is 55.5 Å². The molecule has 0 aromatic heterocycles. The van der Waals surface area contributed by atoms with Crippen LogP contribution in [0.3, 0.4) is 0 Å². The second-order valence-corrected chi connectivity index (χ2v) is 9.42. The summed E-state index contributed by atoms with van der Waals surface area (Å²) >= 11 is 0. The van der Waals surface area contributed by atoms with Crippen LogP contribution in [0.5, 0.6) is 0 Å². The predicted octanol–water partition coefficient (Wildman–Crippen LogP) is 3.57. The molecule has 7 heteroatoms. The maximum Gasteiger partial charge on any atom is 0.254 e. The fraction of sp³-hybridized carbons (Fsp3) is 0.444. The number of fused-ring (bicyclic) bond motifs is 1. The molecule has 7 nitrogen and oxygen atoms in total. The summed E-state index contributed by atoms with van der Waals surface area (Å²) in [7, 11) is 0. The zero-order chi connectivity index (χ0) is 23.5. The molecule has 2 aromatic carbocycles. The van der Waals surface area contributed by atoms with Crippen molar-refractivity contribution in [3.8, 4) is 0 Å². The van der Waals surface area contributed by atoms with Crippen LogP contribution in [0, 0.1) is 5.92 Å². The zero-order valence-corrected chi connectivity index (χ0v) is 19.3. The number of hydrogen-bond acceptors (Lipinski definition) is 4. The number of benzene rings is 2. The zero-order valence-electron chi connectivity index (χ0n) is 19.3. The summed E-state index contributed by atoms with van der Waals surface area (Å²) in [4.78, 5) is 43.4. The molecule has 1 aliphatic carbocycles. The van der Waals surface area contributed by atoms with Crippen molar-refractivity contribution in [3.63, 3.8) is 0 Å². The van der Waals surface area contributed by atoms with Crippen LogP contribution in [-0.2, 0) is 9.53 Å². The summed E-state index contributed by atoms with van der Waals surface area (Å²) in [5, 5.41) is 3.00. The molecule has 178 valence electrons. The quantitative estimate of drug-likeness (QED) is 0.755. The fourth-order valence-corrected chi connectivity index (χ4v) is 5.62. The number of nitrogens with zero attached hydrogens (tertiary/aromatic N) is 2. The van der Waals surface area contributed by atoms with E-state index in [-0.39, 0.29) is 23.8 Å². The van der Waals surface area contributed by atoms with Crippen molar-refractivity contribution in [2.45, 2.75) is 44.2 Å². The van der Waals surface area contributed by atoms with E-state index in [1.54, 1.807) is 29.2 Å². The molecule has 3 amide bonds. The van der Waals surface area contributed by atoms with Gasteiger partial charge in [-0.05, 0) is 55.5 Å². The van der Waals surface area contributed by atoms with Gasteiger partial charge < -0.3 is 19.9 Å². The van der Waals surface area contributed by atoms with E-state index in [1.165, 1.54) is 0 Å². The molecule has 3 atom stereocenters. The summed E-state index contributed by atoms with van der Waals surface area (Å²) in [6.45, 7) is 2.21. The lowest BCUT2D eigenvalue weighted by atomic mass is 9.84. The highest BCUT2D eigenvalue weighted by molar-refractivity contribution is 6.02. The van der Waals surface area contributed by atoms with E-state index in [2.05, 4.69) is 5.32 Å². The standard InChI is InChI=1S/C27H31N3O4/c31-25(28-22-11-6-10-21(17-22)26(32)29-13-15-34-16-14-29)24-18-20-9-4-5-12-23(20)30(24)27(33)19-7-2-1-3-8-19/h1-3,6-8,10-11,17,20,23-24H,4-5,9,12-16,18H2,(H,28,31). The molecule has 0 spiro atoms. The van der Waals surface area contributed by atoms with Gasteiger partial charge in [-0.3, -0.25) is 14.4 Å². The first-order chi connectivity index (χ1) is 16.6. The number of nitrogens with one attached hydrogen (secondary N) is 1. The van der Waals surface area contributed by atoms with Gasteiger partial charge in [0.2, 0.25) is 5.91 Å². The highest BCUT2D eigenvalue weighted by Gasteiger charge is 2.47. The Bertz CT molecular complexity index is 1050. The lowest BCUT2D eigenvalue weighted by molar-refractivity contribution is -0.120. The first kappa shape index (κ1) is 22.6. The highest BCUT2D eigenvalue weighted by Crippen LogP contribution is 2.40. The van der Waals surface area contributed by atoms with Crippen molar-refractivity contribution < 1.29 is 19.1 Å². The fourth-order valence-electron chi connectivity index (χ4n) is 5.62. The minimum atomic E-state index is -0.514. The Kier molecular flexibility index (Phi) is 6.63. The normalized spacial score (nSPS) is 24.4. The number of carbonyl (C=O) groups excluding carboxylic acids is 3. The summed E-state index contributed by atoms with van der Waals surface area (Å²) in [5.74, 6) is 0.0274. The van der Waals surface area contributed by atoms with Gasteiger partial charge in [0.05, 0.1) is 13.2 Å². The van der Waals surface area contributed by atoms with E-state index in [0.717, 1.165) is 25.7 Å². The van der Waals surface area contributed by atoms with Gasteiger partial charge in [-0.2, -0.15) is 0 Å². The van der Waals surface area contributed by atoms with Gasteiger partial charge in [0.25, 0.3) is 11.8 Å². The summed E-state index contributed by atoms with van der Waals surface area (Å²) < 4.78 is 5.34. The molecule has 3 aliphatic rings. The van der Waals surface area contributed by atoms with Gasteiger partial charge in [0, 0.05) is 35.9 Å². The molecule has 0 radical (unpaired) electrons. The Morgan fingerprint density at radius 1 is 0.853 bits per heavy atom. The Morgan fingerprint density at radius 2 is 1.59 bits per heavy atom. The third-order valence-corrected chi connectivity index (χ3v) is 7.32. The van der Waals surface area contributed by atoms with Crippen LogP contribution in [0.25, 0.3) is 0 Å². The third kappa shape index (κ3) is 4.57. The van der Waals surface area contributed by atoms with E-state index < -0.39 is 6.04 Å². The SMILES string of the molecule is O=C(Nc1cccc(C(=O)N2CCOCC2)c1)C1CC2CCCCC2N1C(=O)c1ccccc1. The topological polar surface area (TPSA) is 79.0 Å². The van der Waals surface area contributed by atoms with E-state index in [9.17, 15) is 14.4 Å². The first-order valence-corrected chi connectivity index (χ1v) is 12.3. The van der Waals surface area contributed by atoms with Gasteiger partial charge in [-0.15, -0.1) is 0 Å². The van der Waals surface area contributed by atoms with Gasteiger partial charge in [0.1, 0.15) is 6.04 Å². The van der Waals surface area contributed by atoms with Gasteiger partial charge in [0.15, 0.2) is 0 Å². The third-order valence-electron chi connectivity index (χ3n) is 7.32. The molecule has 2 aliphatic heterocycles. The number of likely N-dealkylation sites (tertiary alicyclic amines) is 1. The average molecular weight is 462 g/mol. The molecule has 5 rings (SSSR count). The minimum Gasteiger partial charge on any atom is -0.378 e. The number of carbonyl (C=O) groups is 3. The lowest BCUT2D eigenvalue weighted by Gasteiger charge is -2.33. The van der Waals surface area contributed by atoms with E-state index in [4.69, 9.17) is 4.74 Å². The number of morpholine rings is 1. The Hall–Kier alpha value is -3.19. The number of rotatable bonds is 4. The predicted molar refractivity (Wildman–Crippen MR) is 129 cm³/mol. The largest absolute Gasteiger partial charge is 0.378 e. The van der Waals surface area contributed by atoms with Crippen molar-refractivity contribution in [1.29, 1.82) is 0 Å². The van der Waals surface area contributed by atoms with Crippen molar-refractivity contribution in [2.75, 3.05) is 31.6 Å². The van der Waals surface area contributed by atoms with Crippen LogP contribution in [-0.4, -0.2) is 65.9 Å². The van der Waals surface area contributed by atoms with Crippen molar-refractivity contribution in [3.05, 3.63) is 65.7 Å². The van der Waals surface area contributed by atoms with Crippen molar-refractivity contribution in [1.82, 2.24) is 9.80 Å². The maximum atomic E-state index is 13.5. The van der Waals surface area contributed by atoms with E-state index in [1.807, 2.05) is 35.2 Å². The number of anilines is 1. The first-order valence-electron chi connectivity index (χ1n) is 12.3. The second kappa shape index (κ2) is 9.97. The minimum absolute atomic E-state index is 0.0628. The summed E-state index contributed by atoms with van der Waals surface area (Å²) in [6, 6.07) is 15.9.